The van der Waals surface area contributed by atoms with Gasteiger partial charge in [-0.25, -0.2) is 4.79 Å². The van der Waals surface area contributed by atoms with E-state index in [1.807, 2.05) is 0 Å². The summed E-state index contributed by atoms with van der Waals surface area (Å²) in [6.07, 6.45) is 2.66. The van der Waals surface area contributed by atoms with Gasteiger partial charge < -0.3 is 24.8 Å². The molecule has 2 aromatic carbocycles. The Labute approximate surface area is 230 Å². The van der Waals surface area contributed by atoms with Gasteiger partial charge in [-0.2, -0.15) is 0 Å². The van der Waals surface area contributed by atoms with Crippen LogP contribution in [-0.2, 0) is 22.4 Å². The number of nitrogens with one attached hydrogen (secondary N) is 2. The number of carbonyl (C=O) groups excluding carboxylic acids is 3. The van der Waals surface area contributed by atoms with Gasteiger partial charge in [0, 0.05) is 16.1 Å². The lowest BCUT2D eigenvalue weighted by Crippen LogP contribution is -2.21. The van der Waals surface area contributed by atoms with Gasteiger partial charge in [-0.3, -0.25) is 9.59 Å². The number of halogens is 1. The van der Waals surface area contributed by atoms with Crippen LogP contribution in [0, 0.1) is 5.92 Å². The third-order valence-corrected chi connectivity index (χ3v) is 7.61. The maximum Gasteiger partial charge on any atom is 0.341 e. The zero-order valence-electron chi connectivity index (χ0n) is 21.4. The first kappa shape index (κ1) is 27.5. The van der Waals surface area contributed by atoms with Crippen molar-refractivity contribution in [1.29, 1.82) is 0 Å². The van der Waals surface area contributed by atoms with Crippen molar-refractivity contribution in [2.75, 3.05) is 31.0 Å². The second kappa shape index (κ2) is 12.3. The molecule has 1 unspecified atom stereocenters. The van der Waals surface area contributed by atoms with Crippen molar-refractivity contribution in [1.82, 2.24) is 0 Å². The molecule has 8 nitrogen and oxygen atoms in total. The van der Waals surface area contributed by atoms with Crippen molar-refractivity contribution >= 4 is 51.4 Å². The van der Waals surface area contributed by atoms with Crippen LogP contribution in [0.3, 0.4) is 0 Å². The minimum atomic E-state index is -0.415. The van der Waals surface area contributed by atoms with E-state index in [0.29, 0.717) is 44.3 Å². The molecule has 1 atom stereocenters. The number of hydrogen-bond donors (Lipinski definition) is 2. The molecule has 2 amide bonds. The van der Waals surface area contributed by atoms with E-state index in [1.165, 1.54) is 18.4 Å². The number of thiophene rings is 1. The van der Waals surface area contributed by atoms with Crippen LogP contribution in [0.1, 0.15) is 51.4 Å². The van der Waals surface area contributed by atoms with Crippen LogP contribution in [-0.4, -0.2) is 38.1 Å². The fourth-order valence-corrected chi connectivity index (χ4v) is 5.89. The van der Waals surface area contributed by atoms with E-state index in [-0.39, 0.29) is 25.0 Å². The Morgan fingerprint density at radius 1 is 1.11 bits per heavy atom. The number of benzene rings is 2. The maximum absolute atomic E-state index is 12.7. The Hall–Kier alpha value is -3.56. The van der Waals surface area contributed by atoms with E-state index in [2.05, 4.69) is 17.6 Å². The molecule has 4 rings (SSSR count). The van der Waals surface area contributed by atoms with Crippen LogP contribution >= 0.6 is 22.9 Å². The summed E-state index contributed by atoms with van der Waals surface area (Å²) in [5, 5.41) is 6.49. The standard InChI is InChI=1S/C28H29ClN2O6S/c1-4-36-28(34)25-20-11-5-16(2)13-23(20)38-27(25)31-24(32)15-37-19-9-6-17(7-10-19)26(33)30-18-8-12-22(35-3)21(29)14-18/h6-10,12,14,16H,4-5,11,13,15H2,1-3H3,(H,30,33)(H,31,32). The van der Waals surface area contributed by atoms with E-state index in [9.17, 15) is 14.4 Å². The van der Waals surface area contributed by atoms with Gasteiger partial charge in [-0.1, -0.05) is 18.5 Å². The molecule has 38 heavy (non-hydrogen) atoms. The summed E-state index contributed by atoms with van der Waals surface area (Å²) in [4.78, 5) is 39.0. The quantitative estimate of drug-likeness (QED) is 0.314. The molecule has 0 radical (unpaired) electrons. The van der Waals surface area contributed by atoms with Crippen molar-refractivity contribution in [3.05, 3.63) is 69.1 Å². The predicted molar refractivity (Wildman–Crippen MR) is 148 cm³/mol. The highest BCUT2D eigenvalue weighted by molar-refractivity contribution is 7.17. The van der Waals surface area contributed by atoms with Crippen molar-refractivity contribution in [3.63, 3.8) is 0 Å². The van der Waals surface area contributed by atoms with E-state index in [4.69, 9.17) is 25.8 Å². The fourth-order valence-electron chi connectivity index (χ4n) is 4.22. The molecule has 200 valence electrons. The predicted octanol–water partition coefficient (Wildman–Crippen LogP) is 5.98. The van der Waals surface area contributed by atoms with Crippen molar-refractivity contribution in [3.8, 4) is 11.5 Å². The highest BCUT2D eigenvalue weighted by Gasteiger charge is 2.29. The van der Waals surface area contributed by atoms with Gasteiger partial charge in [0.05, 0.1) is 24.3 Å². The maximum atomic E-state index is 12.7. The minimum Gasteiger partial charge on any atom is -0.495 e. The Morgan fingerprint density at radius 2 is 1.87 bits per heavy atom. The first-order valence-corrected chi connectivity index (χ1v) is 13.5. The zero-order valence-corrected chi connectivity index (χ0v) is 23.0. The molecule has 2 N–H and O–H groups in total. The molecule has 1 heterocycles. The molecule has 0 bridgehead atoms. The van der Waals surface area contributed by atoms with Crippen LogP contribution in [0.4, 0.5) is 10.7 Å². The van der Waals surface area contributed by atoms with E-state index in [0.717, 1.165) is 29.7 Å². The van der Waals surface area contributed by atoms with Gasteiger partial charge in [0.1, 0.15) is 16.5 Å². The SMILES string of the molecule is CCOC(=O)c1c(NC(=O)COc2ccc(C(=O)Nc3ccc(OC)c(Cl)c3)cc2)sc2c1CCC(C)C2. The summed E-state index contributed by atoms with van der Waals surface area (Å²) in [6.45, 7) is 3.95. The zero-order chi connectivity index (χ0) is 27.2. The number of hydrogen-bond acceptors (Lipinski definition) is 7. The normalized spacial score (nSPS) is 14.3. The van der Waals surface area contributed by atoms with E-state index < -0.39 is 5.97 Å². The summed E-state index contributed by atoms with van der Waals surface area (Å²) in [5.41, 5.74) is 2.38. The topological polar surface area (TPSA) is 103 Å². The molecule has 0 fully saturated rings. The van der Waals surface area contributed by atoms with Crippen LogP contribution in [0.5, 0.6) is 11.5 Å². The second-order valence-corrected chi connectivity index (χ2v) is 10.5. The van der Waals surface area contributed by atoms with Gasteiger partial charge in [0.25, 0.3) is 11.8 Å². The minimum absolute atomic E-state index is 0.253. The van der Waals surface area contributed by atoms with Crippen LogP contribution in [0.15, 0.2) is 42.5 Å². The van der Waals surface area contributed by atoms with Crippen LogP contribution in [0.2, 0.25) is 5.02 Å². The van der Waals surface area contributed by atoms with E-state index >= 15 is 0 Å². The monoisotopic (exact) mass is 556 g/mol. The average Bonchev–Trinajstić information content (AvgIpc) is 3.24. The van der Waals surface area contributed by atoms with E-state index in [1.54, 1.807) is 49.4 Å². The molecule has 1 aliphatic carbocycles. The number of anilines is 2. The Bertz CT molecular complexity index is 1340. The van der Waals surface area contributed by atoms with Gasteiger partial charge in [-0.15, -0.1) is 11.3 Å². The molecule has 10 heteroatoms. The third kappa shape index (κ3) is 6.46. The molecule has 0 saturated heterocycles. The van der Waals surface area contributed by atoms with Crippen LogP contribution in [0.25, 0.3) is 0 Å². The van der Waals surface area contributed by atoms with Crippen molar-refractivity contribution in [2.45, 2.75) is 33.1 Å². The molecule has 1 aromatic heterocycles. The second-order valence-electron chi connectivity index (χ2n) is 8.94. The van der Waals surface area contributed by atoms with Crippen molar-refractivity contribution in [2.24, 2.45) is 5.92 Å². The Morgan fingerprint density at radius 3 is 2.55 bits per heavy atom. The summed E-state index contributed by atoms with van der Waals surface area (Å²) in [6, 6.07) is 11.4. The first-order chi connectivity index (χ1) is 18.3. The summed E-state index contributed by atoms with van der Waals surface area (Å²) < 4.78 is 16.0. The molecular formula is C28H29ClN2O6S. The lowest BCUT2D eigenvalue weighted by atomic mass is 9.88. The first-order valence-electron chi connectivity index (χ1n) is 12.3. The lowest BCUT2D eigenvalue weighted by Gasteiger charge is -2.18. The smallest absolute Gasteiger partial charge is 0.341 e. The Kier molecular flexibility index (Phi) is 8.91. The van der Waals surface area contributed by atoms with Gasteiger partial charge in [0.2, 0.25) is 0 Å². The highest BCUT2D eigenvalue weighted by Crippen LogP contribution is 2.40. The van der Waals surface area contributed by atoms with Crippen LogP contribution < -0.4 is 20.1 Å². The number of amides is 2. The van der Waals surface area contributed by atoms with Gasteiger partial charge >= 0.3 is 5.97 Å². The number of fused-ring (bicyclic) bond motifs is 1. The molecule has 0 saturated carbocycles. The Balaban J connectivity index is 1.36. The highest BCUT2D eigenvalue weighted by atomic mass is 35.5. The van der Waals surface area contributed by atoms with Gasteiger partial charge in [0.15, 0.2) is 6.61 Å². The number of rotatable bonds is 9. The average molecular weight is 557 g/mol. The lowest BCUT2D eigenvalue weighted by molar-refractivity contribution is -0.118. The number of ether oxygens (including phenoxy) is 3. The molecule has 1 aliphatic rings. The molecule has 3 aromatic rings. The fraction of sp³-hybridized carbons (Fsp3) is 0.321. The molecule has 0 aliphatic heterocycles. The summed E-state index contributed by atoms with van der Waals surface area (Å²) >= 11 is 7.54. The van der Waals surface area contributed by atoms with Gasteiger partial charge in [-0.05, 0) is 80.1 Å². The number of esters is 1. The molecular weight excluding hydrogens is 528 g/mol. The largest absolute Gasteiger partial charge is 0.495 e. The summed E-state index contributed by atoms with van der Waals surface area (Å²) in [7, 11) is 1.52. The number of methoxy groups -OCH3 is 1. The summed E-state index contributed by atoms with van der Waals surface area (Å²) in [5.74, 6) is 0.344. The third-order valence-electron chi connectivity index (χ3n) is 6.14. The van der Waals surface area contributed by atoms with Crippen molar-refractivity contribution < 1.29 is 28.6 Å². The molecule has 0 spiro atoms. The number of carbonyl (C=O) groups is 3.